The zero-order chi connectivity index (χ0) is 10.6. The molecule has 3 unspecified atom stereocenters. The minimum atomic E-state index is -0.0478. The number of aliphatic hydroxyl groups excluding tert-OH is 1. The summed E-state index contributed by atoms with van der Waals surface area (Å²) in [5.41, 5.74) is 1.37. The highest BCUT2D eigenvalue weighted by atomic mass is 16.3. The lowest BCUT2D eigenvalue weighted by molar-refractivity contribution is 0.0487. The highest BCUT2D eigenvalue weighted by molar-refractivity contribution is 4.96. The zero-order valence-corrected chi connectivity index (χ0v) is 9.79. The molecule has 1 saturated carbocycles. The van der Waals surface area contributed by atoms with Gasteiger partial charge in [-0.15, -0.1) is 0 Å². The van der Waals surface area contributed by atoms with Gasteiger partial charge in [-0.1, -0.05) is 25.0 Å². The Hall–Kier alpha value is -0.300. The van der Waals surface area contributed by atoms with Crippen molar-refractivity contribution in [2.75, 3.05) is 0 Å². The Morgan fingerprint density at radius 2 is 2.07 bits per heavy atom. The molecular weight excluding hydrogens is 172 g/mol. The first-order valence-corrected chi connectivity index (χ1v) is 5.95. The molecule has 1 N–H and O–H groups in total. The molecule has 0 amide bonds. The number of aliphatic hydroxyl groups is 1. The summed E-state index contributed by atoms with van der Waals surface area (Å²) in [7, 11) is 0. The molecule has 0 spiro atoms. The standard InChI is InChI=1S/C13H24O/c1-4-11-6-8-13(14)12(9-11)7-5-10(2)3/h5,11-14H,4,6-9H2,1-3H3. The molecule has 14 heavy (non-hydrogen) atoms. The van der Waals surface area contributed by atoms with Gasteiger partial charge in [0.2, 0.25) is 0 Å². The molecule has 1 fully saturated rings. The molecule has 0 aromatic rings. The number of allylic oxidation sites excluding steroid dienone is 2. The molecule has 1 nitrogen and oxygen atoms in total. The summed E-state index contributed by atoms with van der Waals surface area (Å²) in [6.07, 6.45) is 8.03. The van der Waals surface area contributed by atoms with E-state index in [0.29, 0.717) is 5.92 Å². The maximum absolute atomic E-state index is 9.87. The summed E-state index contributed by atoms with van der Waals surface area (Å²) >= 11 is 0. The maximum atomic E-state index is 9.87. The van der Waals surface area contributed by atoms with Crippen molar-refractivity contribution in [3.05, 3.63) is 11.6 Å². The van der Waals surface area contributed by atoms with Gasteiger partial charge < -0.3 is 5.11 Å². The van der Waals surface area contributed by atoms with Crippen LogP contribution in [0.15, 0.2) is 11.6 Å². The Bertz CT molecular complexity index is 191. The third-order valence-corrected chi connectivity index (χ3v) is 3.46. The summed E-state index contributed by atoms with van der Waals surface area (Å²) < 4.78 is 0. The van der Waals surface area contributed by atoms with Gasteiger partial charge in [-0.3, -0.25) is 0 Å². The van der Waals surface area contributed by atoms with E-state index in [2.05, 4.69) is 26.8 Å². The largest absolute Gasteiger partial charge is 0.393 e. The smallest absolute Gasteiger partial charge is 0.0571 e. The highest BCUT2D eigenvalue weighted by Crippen LogP contribution is 2.33. The molecule has 1 aliphatic rings. The van der Waals surface area contributed by atoms with E-state index in [9.17, 15) is 5.11 Å². The van der Waals surface area contributed by atoms with Crippen LogP contribution >= 0.6 is 0 Å². The molecule has 0 heterocycles. The number of hydrogen-bond donors (Lipinski definition) is 1. The molecular formula is C13H24O. The minimum absolute atomic E-state index is 0.0478. The predicted octanol–water partition coefficient (Wildman–Crippen LogP) is 3.53. The van der Waals surface area contributed by atoms with Crippen LogP contribution in [-0.2, 0) is 0 Å². The summed E-state index contributed by atoms with van der Waals surface area (Å²) in [4.78, 5) is 0. The van der Waals surface area contributed by atoms with E-state index in [1.54, 1.807) is 0 Å². The van der Waals surface area contributed by atoms with Gasteiger partial charge in [0.05, 0.1) is 6.10 Å². The molecule has 0 aromatic heterocycles. The molecule has 0 aliphatic heterocycles. The van der Waals surface area contributed by atoms with E-state index in [1.807, 2.05) is 0 Å². The Morgan fingerprint density at radius 1 is 1.36 bits per heavy atom. The SMILES string of the molecule is CCC1CCC(O)C(CC=C(C)C)C1. The monoisotopic (exact) mass is 196 g/mol. The summed E-state index contributed by atoms with van der Waals surface area (Å²) in [5, 5.41) is 9.87. The topological polar surface area (TPSA) is 20.2 Å². The van der Waals surface area contributed by atoms with Gasteiger partial charge in [-0.2, -0.15) is 0 Å². The lowest BCUT2D eigenvalue weighted by atomic mass is 9.77. The first-order chi connectivity index (χ1) is 6.63. The van der Waals surface area contributed by atoms with Gasteiger partial charge in [0, 0.05) is 0 Å². The Labute approximate surface area is 88.2 Å². The molecule has 0 bridgehead atoms. The third-order valence-electron chi connectivity index (χ3n) is 3.46. The first kappa shape index (κ1) is 11.8. The van der Waals surface area contributed by atoms with Crippen LogP contribution in [0.4, 0.5) is 0 Å². The second-order valence-corrected chi connectivity index (χ2v) is 4.93. The lowest BCUT2D eigenvalue weighted by Gasteiger charge is -2.32. The summed E-state index contributed by atoms with van der Waals surface area (Å²) in [6, 6.07) is 0. The average Bonchev–Trinajstić information content (AvgIpc) is 2.16. The van der Waals surface area contributed by atoms with Crippen molar-refractivity contribution in [2.45, 2.75) is 59.0 Å². The molecule has 1 heteroatoms. The fraction of sp³-hybridized carbons (Fsp3) is 0.846. The van der Waals surface area contributed by atoms with Crippen LogP contribution in [0.2, 0.25) is 0 Å². The van der Waals surface area contributed by atoms with E-state index in [-0.39, 0.29) is 6.10 Å². The van der Waals surface area contributed by atoms with Crippen LogP contribution in [0.3, 0.4) is 0 Å². The van der Waals surface area contributed by atoms with E-state index in [0.717, 1.165) is 18.8 Å². The van der Waals surface area contributed by atoms with Crippen LogP contribution in [0.1, 0.15) is 52.9 Å². The van der Waals surface area contributed by atoms with Crippen molar-refractivity contribution < 1.29 is 5.11 Å². The van der Waals surface area contributed by atoms with Crippen LogP contribution < -0.4 is 0 Å². The number of hydrogen-bond acceptors (Lipinski definition) is 1. The number of rotatable bonds is 3. The van der Waals surface area contributed by atoms with E-state index < -0.39 is 0 Å². The van der Waals surface area contributed by atoms with Crippen molar-refractivity contribution in [3.63, 3.8) is 0 Å². The third kappa shape index (κ3) is 3.45. The Balaban J connectivity index is 2.44. The van der Waals surface area contributed by atoms with Crippen molar-refractivity contribution in [3.8, 4) is 0 Å². The average molecular weight is 196 g/mol. The molecule has 0 saturated heterocycles. The molecule has 0 radical (unpaired) electrons. The summed E-state index contributed by atoms with van der Waals surface area (Å²) in [6.45, 7) is 6.53. The van der Waals surface area contributed by atoms with Crippen molar-refractivity contribution in [2.24, 2.45) is 11.8 Å². The molecule has 3 atom stereocenters. The van der Waals surface area contributed by atoms with Gasteiger partial charge in [0.15, 0.2) is 0 Å². The Morgan fingerprint density at radius 3 is 2.64 bits per heavy atom. The van der Waals surface area contributed by atoms with Crippen LogP contribution in [0.5, 0.6) is 0 Å². The molecule has 0 aromatic carbocycles. The van der Waals surface area contributed by atoms with Gasteiger partial charge >= 0.3 is 0 Å². The van der Waals surface area contributed by atoms with Gasteiger partial charge in [-0.25, -0.2) is 0 Å². The zero-order valence-electron chi connectivity index (χ0n) is 9.79. The van der Waals surface area contributed by atoms with Crippen molar-refractivity contribution in [1.82, 2.24) is 0 Å². The van der Waals surface area contributed by atoms with E-state index in [1.165, 1.54) is 24.8 Å². The normalized spacial score (nSPS) is 32.7. The molecule has 1 rings (SSSR count). The van der Waals surface area contributed by atoms with Crippen LogP contribution in [0, 0.1) is 11.8 Å². The summed E-state index contributed by atoms with van der Waals surface area (Å²) in [5.74, 6) is 1.37. The van der Waals surface area contributed by atoms with Crippen molar-refractivity contribution >= 4 is 0 Å². The molecule has 82 valence electrons. The van der Waals surface area contributed by atoms with Gasteiger partial charge in [0.25, 0.3) is 0 Å². The van der Waals surface area contributed by atoms with Gasteiger partial charge in [-0.05, 0) is 51.4 Å². The van der Waals surface area contributed by atoms with Crippen molar-refractivity contribution in [1.29, 1.82) is 0 Å². The lowest BCUT2D eigenvalue weighted by Crippen LogP contribution is -2.28. The van der Waals surface area contributed by atoms with E-state index in [4.69, 9.17) is 0 Å². The quantitative estimate of drug-likeness (QED) is 0.685. The molecule has 1 aliphatic carbocycles. The fourth-order valence-corrected chi connectivity index (χ4v) is 2.36. The van der Waals surface area contributed by atoms with Crippen LogP contribution in [-0.4, -0.2) is 11.2 Å². The van der Waals surface area contributed by atoms with Gasteiger partial charge in [0.1, 0.15) is 0 Å². The van der Waals surface area contributed by atoms with Crippen LogP contribution in [0.25, 0.3) is 0 Å². The van der Waals surface area contributed by atoms with E-state index >= 15 is 0 Å². The highest BCUT2D eigenvalue weighted by Gasteiger charge is 2.27. The predicted molar refractivity (Wildman–Crippen MR) is 61.2 cm³/mol. The fourth-order valence-electron chi connectivity index (χ4n) is 2.36. The maximum Gasteiger partial charge on any atom is 0.0571 e. The second-order valence-electron chi connectivity index (χ2n) is 4.93. The Kier molecular flexibility index (Phi) is 4.67. The second kappa shape index (κ2) is 5.55. The minimum Gasteiger partial charge on any atom is -0.393 e. The first-order valence-electron chi connectivity index (χ1n) is 5.95.